The molecule has 0 bridgehead atoms. The van der Waals surface area contributed by atoms with Crippen molar-refractivity contribution < 1.29 is 9.59 Å². The molecule has 0 aromatic carbocycles. The molecule has 19 heavy (non-hydrogen) atoms. The average Bonchev–Trinajstić information content (AvgIpc) is 2.92. The van der Waals surface area contributed by atoms with Crippen molar-refractivity contribution in [1.82, 2.24) is 15.2 Å². The van der Waals surface area contributed by atoms with Gasteiger partial charge in [0, 0.05) is 19.3 Å². The van der Waals surface area contributed by atoms with Gasteiger partial charge in [-0.2, -0.15) is 0 Å². The van der Waals surface area contributed by atoms with E-state index in [1.165, 1.54) is 0 Å². The minimum absolute atomic E-state index is 0.0336. The van der Waals surface area contributed by atoms with E-state index in [0.29, 0.717) is 5.82 Å². The first-order valence-electron chi connectivity index (χ1n) is 6.44. The number of aromatic nitrogens is 1. The maximum Gasteiger partial charge on any atom is 0.321 e. The number of hydrogen-bond acceptors (Lipinski definition) is 3. The van der Waals surface area contributed by atoms with Crippen LogP contribution in [0.25, 0.3) is 0 Å². The van der Waals surface area contributed by atoms with E-state index in [2.05, 4.69) is 15.6 Å². The molecule has 1 aromatic heterocycles. The molecule has 2 heterocycles. The zero-order valence-electron chi connectivity index (χ0n) is 10.9. The second-order valence-electron chi connectivity index (χ2n) is 4.57. The molecule has 6 nitrogen and oxygen atoms in total. The molecule has 6 heteroatoms. The number of pyridine rings is 1. The average molecular weight is 262 g/mol. The molecule has 102 valence electrons. The van der Waals surface area contributed by atoms with Gasteiger partial charge in [-0.05, 0) is 31.9 Å². The standard InChI is InChI=1S/C13H18N4O2/c1-10(12(18)17-8-4-5-9-17)15-13(19)16-11-6-2-3-7-14-11/h2-3,6-7,10H,4-5,8-9H2,1H3,(H2,14,15,16,19)/t10-/m0/s1. The first-order valence-corrected chi connectivity index (χ1v) is 6.44. The Hall–Kier alpha value is -2.11. The van der Waals surface area contributed by atoms with Gasteiger partial charge in [-0.25, -0.2) is 9.78 Å². The predicted molar refractivity (Wildman–Crippen MR) is 71.7 cm³/mol. The Morgan fingerprint density at radius 2 is 2.05 bits per heavy atom. The molecule has 0 saturated carbocycles. The van der Waals surface area contributed by atoms with Crippen LogP contribution < -0.4 is 10.6 Å². The molecule has 1 saturated heterocycles. The fraction of sp³-hybridized carbons (Fsp3) is 0.462. The van der Waals surface area contributed by atoms with E-state index >= 15 is 0 Å². The summed E-state index contributed by atoms with van der Waals surface area (Å²) in [6, 6.07) is 4.29. The summed E-state index contributed by atoms with van der Waals surface area (Å²) < 4.78 is 0. The lowest BCUT2D eigenvalue weighted by Gasteiger charge is -2.21. The lowest BCUT2D eigenvalue weighted by atomic mass is 10.3. The number of amides is 3. The molecule has 1 fully saturated rings. The van der Waals surface area contributed by atoms with Crippen molar-refractivity contribution in [3.8, 4) is 0 Å². The van der Waals surface area contributed by atoms with Gasteiger partial charge >= 0.3 is 6.03 Å². The fourth-order valence-corrected chi connectivity index (χ4v) is 2.06. The lowest BCUT2D eigenvalue weighted by molar-refractivity contribution is -0.131. The van der Waals surface area contributed by atoms with E-state index in [-0.39, 0.29) is 5.91 Å². The number of carbonyl (C=O) groups excluding carboxylic acids is 2. The van der Waals surface area contributed by atoms with E-state index in [9.17, 15) is 9.59 Å². The molecule has 0 spiro atoms. The number of nitrogens with zero attached hydrogens (tertiary/aromatic N) is 2. The summed E-state index contributed by atoms with van der Waals surface area (Å²) in [5.74, 6) is 0.425. The molecular formula is C13H18N4O2. The molecule has 2 rings (SSSR count). The SMILES string of the molecule is C[C@H](NC(=O)Nc1ccccn1)C(=O)N1CCCC1. The molecule has 0 unspecified atom stereocenters. The number of hydrogen-bond donors (Lipinski definition) is 2. The van der Waals surface area contributed by atoms with E-state index in [0.717, 1.165) is 25.9 Å². The minimum atomic E-state index is -0.526. The van der Waals surface area contributed by atoms with Gasteiger partial charge in [-0.1, -0.05) is 6.07 Å². The van der Waals surface area contributed by atoms with Crippen LogP contribution >= 0.6 is 0 Å². The number of urea groups is 1. The first kappa shape index (κ1) is 13.3. The van der Waals surface area contributed by atoms with Crippen LogP contribution in [0, 0.1) is 0 Å². The summed E-state index contributed by atoms with van der Waals surface area (Å²) in [4.78, 5) is 29.5. The summed E-state index contributed by atoms with van der Waals surface area (Å²) in [5.41, 5.74) is 0. The van der Waals surface area contributed by atoms with Crippen LogP contribution in [-0.2, 0) is 4.79 Å². The van der Waals surface area contributed by atoms with Crippen molar-refractivity contribution in [2.45, 2.75) is 25.8 Å². The molecule has 2 N–H and O–H groups in total. The van der Waals surface area contributed by atoms with Gasteiger partial charge < -0.3 is 10.2 Å². The highest BCUT2D eigenvalue weighted by atomic mass is 16.2. The van der Waals surface area contributed by atoms with Crippen LogP contribution in [0.1, 0.15) is 19.8 Å². The summed E-state index contributed by atoms with van der Waals surface area (Å²) in [6.45, 7) is 3.26. The Kier molecular flexibility index (Phi) is 4.33. The predicted octanol–water partition coefficient (Wildman–Crippen LogP) is 1.21. The smallest absolute Gasteiger partial charge is 0.321 e. The Balaban J connectivity index is 1.83. The largest absolute Gasteiger partial charge is 0.341 e. The van der Waals surface area contributed by atoms with Crippen molar-refractivity contribution in [2.75, 3.05) is 18.4 Å². The molecular weight excluding hydrogens is 244 g/mol. The van der Waals surface area contributed by atoms with Gasteiger partial charge in [0.2, 0.25) is 5.91 Å². The van der Waals surface area contributed by atoms with Gasteiger partial charge in [-0.15, -0.1) is 0 Å². The quantitative estimate of drug-likeness (QED) is 0.860. The van der Waals surface area contributed by atoms with Crippen LogP contribution in [-0.4, -0.2) is 41.0 Å². The summed E-state index contributed by atoms with van der Waals surface area (Å²) in [5, 5.41) is 5.21. The second-order valence-corrected chi connectivity index (χ2v) is 4.57. The number of likely N-dealkylation sites (tertiary alicyclic amines) is 1. The summed E-state index contributed by atoms with van der Waals surface area (Å²) in [7, 11) is 0. The van der Waals surface area contributed by atoms with Crippen molar-refractivity contribution >= 4 is 17.8 Å². The Morgan fingerprint density at radius 3 is 2.68 bits per heavy atom. The second kappa shape index (κ2) is 6.17. The molecule has 1 aromatic rings. The third-order valence-corrected chi connectivity index (χ3v) is 3.04. The van der Waals surface area contributed by atoms with E-state index in [1.54, 1.807) is 36.2 Å². The molecule has 1 aliphatic rings. The van der Waals surface area contributed by atoms with Gasteiger partial charge in [-0.3, -0.25) is 10.1 Å². The van der Waals surface area contributed by atoms with Crippen LogP contribution in [0.3, 0.4) is 0 Å². The normalized spacial score (nSPS) is 15.9. The molecule has 1 aliphatic heterocycles. The Morgan fingerprint density at radius 1 is 1.32 bits per heavy atom. The fourth-order valence-electron chi connectivity index (χ4n) is 2.06. The first-order chi connectivity index (χ1) is 9.16. The zero-order chi connectivity index (χ0) is 13.7. The lowest BCUT2D eigenvalue weighted by Crippen LogP contribution is -2.47. The van der Waals surface area contributed by atoms with Crippen molar-refractivity contribution in [1.29, 1.82) is 0 Å². The highest BCUT2D eigenvalue weighted by molar-refractivity contribution is 5.92. The molecule has 0 radical (unpaired) electrons. The number of anilines is 1. The third-order valence-electron chi connectivity index (χ3n) is 3.04. The maximum atomic E-state index is 12.0. The van der Waals surface area contributed by atoms with Crippen LogP contribution in [0.4, 0.5) is 10.6 Å². The van der Waals surface area contributed by atoms with Gasteiger partial charge in [0.25, 0.3) is 0 Å². The zero-order valence-corrected chi connectivity index (χ0v) is 10.9. The summed E-state index contributed by atoms with van der Waals surface area (Å²) >= 11 is 0. The van der Waals surface area contributed by atoms with Crippen LogP contribution in [0.15, 0.2) is 24.4 Å². The highest BCUT2D eigenvalue weighted by Crippen LogP contribution is 2.09. The monoisotopic (exact) mass is 262 g/mol. The summed E-state index contributed by atoms with van der Waals surface area (Å²) in [6.07, 6.45) is 3.67. The minimum Gasteiger partial charge on any atom is -0.341 e. The third kappa shape index (κ3) is 3.67. The van der Waals surface area contributed by atoms with Gasteiger partial charge in [0.15, 0.2) is 0 Å². The topological polar surface area (TPSA) is 74.3 Å². The number of carbonyl (C=O) groups is 2. The van der Waals surface area contributed by atoms with E-state index in [1.807, 2.05) is 0 Å². The van der Waals surface area contributed by atoms with Gasteiger partial charge in [0.05, 0.1) is 0 Å². The van der Waals surface area contributed by atoms with Crippen LogP contribution in [0.2, 0.25) is 0 Å². The van der Waals surface area contributed by atoms with E-state index in [4.69, 9.17) is 0 Å². The molecule has 1 atom stereocenters. The Bertz CT molecular complexity index is 443. The van der Waals surface area contributed by atoms with Crippen LogP contribution in [0.5, 0.6) is 0 Å². The van der Waals surface area contributed by atoms with Crippen molar-refractivity contribution in [3.63, 3.8) is 0 Å². The Labute approximate surface area is 112 Å². The van der Waals surface area contributed by atoms with Crippen molar-refractivity contribution in [3.05, 3.63) is 24.4 Å². The maximum absolute atomic E-state index is 12.0. The molecule has 3 amide bonds. The number of nitrogens with one attached hydrogen (secondary N) is 2. The number of rotatable bonds is 3. The highest BCUT2D eigenvalue weighted by Gasteiger charge is 2.24. The molecule has 0 aliphatic carbocycles. The van der Waals surface area contributed by atoms with Gasteiger partial charge in [0.1, 0.15) is 11.9 Å². The van der Waals surface area contributed by atoms with Crippen molar-refractivity contribution in [2.24, 2.45) is 0 Å². The van der Waals surface area contributed by atoms with E-state index < -0.39 is 12.1 Å².